The molecule has 2 amide bonds. The van der Waals surface area contributed by atoms with Crippen LogP contribution in [0.4, 0.5) is 20.2 Å². The molecule has 5 nitrogen and oxygen atoms in total. The van der Waals surface area contributed by atoms with Gasteiger partial charge in [0, 0.05) is 18.3 Å². The number of alkyl halides is 2. The van der Waals surface area contributed by atoms with Crippen molar-refractivity contribution < 1.29 is 22.8 Å². The van der Waals surface area contributed by atoms with Crippen LogP contribution in [-0.2, 0) is 4.79 Å². The van der Waals surface area contributed by atoms with Crippen molar-refractivity contribution in [1.82, 2.24) is 0 Å². The van der Waals surface area contributed by atoms with Crippen molar-refractivity contribution in [3.05, 3.63) is 47.9 Å². The first kappa shape index (κ1) is 14.7. The molecule has 1 aromatic carbocycles. The smallest absolute Gasteiger partial charge is 0.295 e. The van der Waals surface area contributed by atoms with E-state index >= 15 is 0 Å². The number of anilines is 2. The molecule has 0 aliphatic heterocycles. The third-order valence-electron chi connectivity index (χ3n) is 2.53. The van der Waals surface area contributed by atoms with Gasteiger partial charge in [-0.2, -0.15) is 0 Å². The fraction of sp³-hybridized carbons (Fsp3) is 0.143. The third kappa shape index (κ3) is 3.88. The number of carbonyl (C=O) groups is 2. The van der Waals surface area contributed by atoms with E-state index in [0.717, 1.165) is 6.07 Å². The fourth-order valence-electron chi connectivity index (χ4n) is 1.62. The Morgan fingerprint density at radius 1 is 1.00 bits per heavy atom. The molecule has 0 atom stereocenters. The predicted molar refractivity (Wildman–Crippen MR) is 72.4 cm³/mol. The molecule has 0 unspecified atom stereocenters. The SMILES string of the molecule is CC(=O)Nc1ccc(NC(=O)c2ccc(C(F)F)o2)cc1. The van der Waals surface area contributed by atoms with Crippen molar-refractivity contribution in [3.63, 3.8) is 0 Å². The first-order valence-corrected chi connectivity index (χ1v) is 6.02. The summed E-state index contributed by atoms with van der Waals surface area (Å²) in [6.45, 7) is 1.38. The lowest BCUT2D eigenvalue weighted by Gasteiger charge is -2.05. The molecule has 1 heterocycles. The monoisotopic (exact) mass is 294 g/mol. The van der Waals surface area contributed by atoms with Crippen molar-refractivity contribution in [2.24, 2.45) is 0 Å². The van der Waals surface area contributed by atoms with Crippen LogP contribution >= 0.6 is 0 Å². The minimum atomic E-state index is -2.76. The zero-order chi connectivity index (χ0) is 15.4. The summed E-state index contributed by atoms with van der Waals surface area (Å²) in [5.41, 5.74) is 1.03. The highest BCUT2D eigenvalue weighted by Gasteiger charge is 2.16. The summed E-state index contributed by atoms with van der Waals surface area (Å²) in [6.07, 6.45) is -2.76. The van der Waals surface area contributed by atoms with Crippen LogP contribution in [0.15, 0.2) is 40.8 Å². The standard InChI is InChI=1S/C14H12F2N2O3/c1-8(19)17-9-2-4-10(5-3-9)18-14(20)12-7-6-11(21-12)13(15)16/h2-7,13H,1H3,(H,17,19)(H,18,20). The van der Waals surface area contributed by atoms with Gasteiger partial charge in [-0.3, -0.25) is 9.59 Å². The third-order valence-corrected chi connectivity index (χ3v) is 2.53. The van der Waals surface area contributed by atoms with E-state index in [1.54, 1.807) is 24.3 Å². The van der Waals surface area contributed by atoms with Gasteiger partial charge in [-0.05, 0) is 36.4 Å². The van der Waals surface area contributed by atoms with Crippen LogP contribution in [-0.4, -0.2) is 11.8 Å². The van der Waals surface area contributed by atoms with E-state index in [2.05, 4.69) is 10.6 Å². The highest BCUT2D eigenvalue weighted by Crippen LogP contribution is 2.22. The number of hydrogen-bond donors (Lipinski definition) is 2. The van der Waals surface area contributed by atoms with Crippen LogP contribution in [0.5, 0.6) is 0 Å². The molecular formula is C14H12F2N2O3. The van der Waals surface area contributed by atoms with Gasteiger partial charge in [0.15, 0.2) is 11.5 Å². The van der Waals surface area contributed by atoms with E-state index in [1.165, 1.54) is 13.0 Å². The van der Waals surface area contributed by atoms with Gasteiger partial charge in [0.05, 0.1) is 0 Å². The summed E-state index contributed by atoms with van der Waals surface area (Å²) in [4.78, 5) is 22.7. The van der Waals surface area contributed by atoms with Gasteiger partial charge in [0.1, 0.15) is 0 Å². The summed E-state index contributed by atoms with van der Waals surface area (Å²) >= 11 is 0. The van der Waals surface area contributed by atoms with E-state index in [-0.39, 0.29) is 11.7 Å². The molecule has 2 N–H and O–H groups in total. The van der Waals surface area contributed by atoms with Crippen LogP contribution in [0, 0.1) is 0 Å². The van der Waals surface area contributed by atoms with E-state index < -0.39 is 18.1 Å². The second kappa shape index (κ2) is 6.17. The van der Waals surface area contributed by atoms with Gasteiger partial charge in [0.25, 0.3) is 12.3 Å². The number of furan rings is 1. The number of halogens is 2. The molecule has 2 rings (SSSR count). The van der Waals surface area contributed by atoms with Crippen molar-refractivity contribution in [1.29, 1.82) is 0 Å². The largest absolute Gasteiger partial charge is 0.450 e. The summed E-state index contributed by atoms with van der Waals surface area (Å²) in [5.74, 6) is -1.59. The Hall–Kier alpha value is -2.70. The van der Waals surface area contributed by atoms with Crippen LogP contribution in [0.1, 0.15) is 29.7 Å². The molecule has 0 saturated carbocycles. The zero-order valence-corrected chi connectivity index (χ0v) is 11.0. The number of rotatable bonds is 4. The quantitative estimate of drug-likeness (QED) is 0.907. The average molecular weight is 294 g/mol. The van der Waals surface area contributed by atoms with Crippen molar-refractivity contribution in [3.8, 4) is 0 Å². The lowest BCUT2D eigenvalue weighted by Crippen LogP contribution is -2.11. The van der Waals surface area contributed by atoms with E-state index in [9.17, 15) is 18.4 Å². The number of hydrogen-bond acceptors (Lipinski definition) is 3. The second-order valence-electron chi connectivity index (χ2n) is 4.22. The molecule has 7 heteroatoms. The molecular weight excluding hydrogens is 282 g/mol. The lowest BCUT2D eigenvalue weighted by molar-refractivity contribution is -0.114. The summed E-state index contributed by atoms with van der Waals surface area (Å²) in [5, 5.41) is 5.08. The zero-order valence-electron chi connectivity index (χ0n) is 11.0. The molecule has 0 radical (unpaired) electrons. The normalized spacial score (nSPS) is 10.5. The van der Waals surface area contributed by atoms with Gasteiger partial charge in [0.2, 0.25) is 5.91 Å². The highest BCUT2D eigenvalue weighted by molar-refractivity contribution is 6.02. The maximum absolute atomic E-state index is 12.4. The predicted octanol–water partition coefficient (Wildman–Crippen LogP) is 3.43. The van der Waals surface area contributed by atoms with Crippen molar-refractivity contribution in [2.45, 2.75) is 13.3 Å². The van der Waals surface area contributed by atoms with Gasteiger partial charge in [-0.15, -0.1) is 0 Å². The van der Waals surface area contributed by atoms with Gasteiger partial charge in [-0.1, -0.05) is 0 Å². The molecule has 0 spiro atoms. The van der Waals surface area contributed by atoms with Crippen molar-refractivity contribution in [2.75, 3.05) is 10.6 Å². The first-order chi connectivity index (χ1) is 9.95. The number of carbonyl (C=O) groups excluding carboxylic acids is 2. The molecule has 0 saturated heterocycles. The summed E-state index contributed by atoms with van der Waals surface area (Å²) in [6, 6.07) is 8.58. The first-order valence-electron chi connectivity index (χ1n) is 6.02. The fourth-order valence-corrected chi connectivity index (χ4v) is 1.62. The van der Waals surface area contributed by atoms with E-state index in [0.29, 0.717) is 11.4 Å². The Balaban J connectivity index is 2.03. The maximum Gasteiger partial charge on any atom is 0.295 e. The maximum atomic E-state index is 12.4. The molecule has 2 aromatic rings. The van der Waals surface area contributed by atoms with Crippen molar-refractivity contribution >= 4 is 23.2 Å². The molecule has 21 heavy (non-hydrogen) atoms. The van der Waals surface area contributed by atoms with Crippen LogP contribution < -0.4 is 10.6 Å². The number of nitrogens with one attached hydrogen (secondary N) is 2. The Morgan fingerprint density at radius 3 is 2.05 bits per heavy atom. The van der Waals surface area contributed by atoms with E-state index in [1.807, 2.05) is 0 Å². The minimum absolute atomic E-state index is 0.198. The van der Waals surface area contributed by atoms with Gasteiger partial charge < -0.3 is 15.1 Å². The molecule has 0 bridgehead atoms. The van der Waals surface area contributed by atoms with Gasteiger partial charge in [-0.25, -0.2) is 8.78 Å². The number of benzene rings is 1. The van der Waals surface area contributed by atoms with Crippen LogP contribution in [0.2, 0.25) is 0 Å². The Bertz CT molecular complexity index is 650. The molecule has 0 fully saturated rings. The summed E-state index contributed by atoms with van der Waals surface area (Å²) in [7, 11) is 0. The molecule has 1 aromatic heterocycles. The average Bonchev–Trinajstić information content (AvgIpc) is 2.90. The lowest BCUT2D eigenvalue weighted by atomic mass is 10.2. The van der Waals surface area contributed by atoms with Crippen LogP contribution in [0.25, 0.3) is 0 Å². The molecule has 0 aliphatic carbocycles. The highest BCUT2D eigenvalue weighted by atomic mass is 19.3. The van der Waals surface area contributed by atoms with Gasteiger partial charge >= 0.3 is 0 Å². The van der Waals surface area contributed by atoms with E-state index in [4.69, 9.17) is 4.42 Å². The Morgan fingerprint density at radius 2 is 1.57 bits per heavy atom. The Kier molecular flexibility index (Phi) is 4.32. The second-order valence-corrected chi connectivity index (χ2v) is 4.22. The topological polar surface area (TPSA) is 71.3 Å². The molecule has 0 aliphatic rings. The Labute approximate surface area is 118 Å². The summed E-state index contributed by atoms with van der Waals surface area (Å²) < 4.78 is 29.5. The molecule has 110 valence electrons. The minimum Gasteiger partial charge on any atom is -0.450 e. The van der Waals surface area contributed by atoms with Crippen LogP contribution in [0.3, 0.4) is 0 Å². The number of amides is 2.